The van der Waals surface area contributed by atoms with Crippen LogP contribution in [0.4, 0.5) is 23.7 Å². The number of halogens is 3. The zero-order chi connectivity index (χ0) is 14.6. The molecule has 1 aromatic heterocycles. The summed E-state index contributed by atoms with van der Waals surface area (Å²) in [5.74, 6) is -0.0571. The van der Waals surface area contributed by atoms with Gasteiger partial charge in [0.25, 0.3) is 0 Å². The number of anilines is 1. The number of alkyl halides is 3. The third-order valence-electron chi connectivity index (χ3n) is 2.26. The fourth-order valence-electron chi connectivity index (χ4n) is 1.41. The maximum absolute atomic E-state index is 12.1. The van der Waals surface area contributed by atoms with E-state index in [4.69, 9.17) is 0 Å². The first-order chi connectivity index (χ1) is 9.46. The fraction of sp³-hybridized carbons (Fsp3) is 0.167. The van der Waals surface area contributed by atoms with Crippen molar-refractivity contribution in [2.24, 2.45) is 0 Å². The van der Waals surface area contributed by atoms with Gasteiger partial charge in [0, 0.05) is 12.4 Å². The number of hydrogen-bond donors (Lipinski definition) is 1. The molecule has 8 heteroatoms. The van der Waals surface area contributed by atoms with E-state index in [9.17, 15) is 18.0 Å². The molecule has 106 valence electrons. The minimum absolute atomic E-state index is 0.0571. The number of ether oxygens (including phenoxy) is 1. The molecular weight excluding hydrogens is 275 g/mol. The highest BCUT2D eigenvalue weighted by atomic mass is 19.4. The van der Waals surface area contributed by atoms with E-state index < -0.39 is 18.8 Å². The normalized spacial score (nSPS) is 11.2. The number of para-hydroxylation sites is 2. The Hall–Kier alpha value is -2.51. The molecular formula is C12H10F3N3O2. The molecule has 0 aliphatic heterocycles. The first-order valence-corrected chi connectivity index (χ1v) is 5.53. The van der Waals surface area contributed by atoms with Crippen molar-refractivity contribution in [3.8, 4) is 5.75 Å². The van der Waals surface area contributed by atoms with Crippen molar-refractivity contribution in [3.63, 3.8) is 0 Å². The van der Waals surface area contributed by atoms with Gasteiger partial charge < -0.3 is 10.1 Å². The molecule has 0 bridgehead atoms. The number of hydrogen-bond acceptors (Lipinski definition) is 3. The molecule has 0 spiro atoms. The number of amides is 1. The minimum atomic E-state index is -4.44. The number of aromatic nitrogens is 2. The lowest BCUT2D eigenvalue weighted by Crippen LogP contribution is -2.21. The van der Waals surface area contributed by atoms with Crippen LogP contribution in [0.2, 0.25) is 0 Å². The van der Waals surface area contributed by atoms with Crippen LogP contribution in [0.5, 0.6) is 5.75 Å². The molecule has 0 radical (unpaired) electrons. The number of nitrogens with one attached hydrogen (secondary N) is 1. The Morgan fingerprint density at radius 2 is 2.10 bits per heavy atom. The summed E-state index contributed by atoms with van der Waals surface area (Å²) in [6.07, 6.45) is -0.351. The Bertz CT molecular complexity index is 582. The van der Waals surface area contributed by atoms with Crippen molar-refractivity contribution in [2.75, 3.05) is 11.9 Å². The van der Waals surface area contributed by atoms with Crippen LogP contribution in [0.15, 0.2) is 43.0 Å². The third kappa shape index (κ3) is 3.74. The van der Waals surface area contributed by atoms with Crippen molar-refractivity contribution in [1.82, 2.24) is 9.55 Å². The van der Waals surface area contributed by atoms with Gasteiger partial charge in [0.15, 0.2) is 6.61 Å². The molecule has 1 N–H and O–H groups in total. The van der Waals surface area contributed by atoms with E-state index in [1.807, 2.05) is 0 Å². The van der Waals surface area contributed by atoms with Gasteiger partial charge in [-0.3, -0.25) is 4.57 Å². The molecule has 2 aromatic rings. The smallest absolute Gasteiger partial charge is 0.422 e. The van der Waals surface area contributed by atoms with Crippen LogP contribution in [0.1, 0.15) is 0 Å². The number of benzene rings is 1. The van der Waals surface area contributed by atoms with E-state index in [-0.39, 0.29) is 11.4 Å². The summed E-state index contributed by atoms with van der Waals surface area (Å²) in [4.78, 5) is 15.5. The summed E-state index contributed by atoms with van der Waals surface area (Å²) in [6.45, 7) is -1.43. The van der Waals surface area contributed by atoms with Gasteiger partial charge in [-0.2, -0.15) is 13.2 Å². The maximum Gasteiger partial charge on any atom is 0.422 e. The lowest BCUT2D eigenvalue weighted by molar-refractivity contribution is -0.153. The van der Waals surface area contributed by atoms with Gasteiger partial charge >= 0.3 is 12.2 Å². The summed E-state index contributed by atoms with van der Waals surface area (Å²) in [5, 5.41) is 2.44. The number of imidazole rings is 1. The van der Waals surface area contributed by atoms with E-state index in [1.54, 1.807) is 6.07 Å². The van der Waals surface area contributed by atoms with Crippen LogP contribution in [0, 0.1) is 0 Å². The number of carbonyl (C=O) groups excluding carboxylic acids is 1. The van der Waals surface area contributed by atoms with Gasteiger partial charge in [-0.15, -0.1) is 0 Å². The van der Waals surface area contributed by atoms with Gasteiger partial charge in [-0.05, 0) is 12.1 Å². The van der Waals surface area contributed by atoms with Crippen molar-refractivity contribution in [3.05, 3.63) is 43.0 Å². The molecule has 5 nitrogen and oxygen atoms in total. The van der Waals surface area contributed by atoms with Crippen molar-refractivity contribution < 1.29 is 22.7 Å². The summed E-state index contributed by atoms with van der Waals surface area (Å²) in [6, 6.07) is 5.32. The Morgan fingerprint density at radius 1 is 1.35 bits per heavy atom. The quantitative estimate of drug-likeness (QED) is 0.943. The molecule has 0 aliphatic carbocycles. The molecule has 0 saturated carbocycles. The highest BCUT2D eigenvalue weighted by Crippen LogP contribution is 2.26. The molecule has 0 atom stereocenters. The van der Waals surface area contributed by atoms with Crippen LogP contribution >= 0.6 is 0 Å². The fourth-order valence-corrected chi connectivity index (χ4v) is 1.41. The van der Waals surface area contributed by atoms with Crippen molar-refractivity contribution in [1.29, 1.82) is 0 Å². The second-order valence-corrected chi connectivity index (χ2v) is 3.80. The monoisotopic (exact) mass is 285 g/mol. The largest absolute Gasteiger partial charge is 0.482 e. The summed E-state index contributed by atoms with van der Waals surface area (Å²) in [5.41, 5.74) is 0.149. The molecule has 0 saturated heterocycles. The molecule has 20 heavy (non-hydrogen) atoms. The van der Waals surface area contributed by atoms with Gasteiger partial charge in [-0.1, -0.05) is 12.1 Å². The molecule has 0 aliphatic rings. The van der Waals surface area contributed by atoms with Crippen molar-refractivity contribution >= 4 is 11.7 Å². The lowest BCUT2D eigenvalue weighted by atomic mass is 10.3. The van der Waals surface area contributed by atoms with Crippen LogP contribution < -0.4 is 10.1 Å². The van der Waals surface area contributed by atoms with E-state index >= 15 is 0 Å². The van der Waals surface area contributed by atoms with E-state index in [0.29, 0.717) is 0 Å². The highest BCUT2D eigenvalue weighted by molar-refractivity contribution is 5.92. The van der Waals surface area contributed by atoms with Crippen LogP contribution in [0.3, 0.4) is 0 Å². The summed E-state index contributed by atoms with van der Waals surface area (Å²) < 4.78 is 42.2. The van der Waals surface area contributed by atoms with Crippen molar-refractivity contribution in [2.45, 2.75) is 6.18 Å². The topological polar surface area (TPSA) is 56.1 Å². The standard InChI is InChI=1S/C12H10F3N3O2/c13-12(14,15)7-20-10-4-2-1-3-9(10)17-11(19)18-6-5-16-8-18/h1-6,8H,7H2,(H,17,19). The maximum atomic E-state index is 12.1. The zero-order valence-electron chi connectivity index (χ0n) is 10.1. The summed E-state index contributed by atoms with van der Waals surface area (Å²) >= 11 is 0. The Morgan fingerprint density at radius 3 is 2.75 bits per heavy atom. The van der Waals surface area contributed by atoms with Gasteiger partial charge in [0.05, 0.1) is 5.69 Å². The Labute approximate surface area is 112 Å². The molecule has 2 rings (SSSR count). The van der Waals surface area contributed by atoms with Gasteiger partial charge in [0.2, 0.25) is 0 Å². The van der Waals surface area contributed by atoms with Gasteiger partial charge in [0.1, 0.15) is 12.1 Å². The molecule has 0 unspecified atom stereocenters. The van der Waals surface area contributed by atoms with Gasteiger partial charge in [-0.25, -0.2) is 9.78 Å². The van der Waals surface area contributed by atoms with Crippen LogP contribution in [-0.2, 0) is 0 Å². The molecule has 1 amide bonds. The molecule has 1 heterocycles. The predicted molar refractivity (Wildman–Crippen MR) is 64.6 cm³/mol. The lowest BCUT2D eigenvalue weighted by Gasteiger charge is -2.13. The first-order valence-electron chi connectivity index (χ1n) is 5.53. The third-order valence-corrected chi connectivity index (χ3v) is 2.26. The number of carbonyl (C=O) groups is 1. The summed E-state index contributed by atoms with van der Waals surface area (Å²) in [7, 11) is 0. The average Bonchev–Trinajstić information content (AvgIpc) is 2.90. The van der Waals surface area contributed by atoms with E-state index in [1.165, 1.54) is 36.9 Å². The van der Waals surface area contributed by atoms with Crippen LogP contribution in [0.25, 0.3) is 0 Å². The second kappa shape index (κ2) is 5.64. The highest BCUT2D eigenvalue weighted by Gasteiger charge is 2.28. The predicted octanol–water partition coefficient (Wildman–Crippen LogP) is 2.90. The Balaban J connectivity index is 2.10. The molecule has 1 aromatic carbocycles. The number of nitrogens with zero attached hydrogens (tertiary/aromatic N) is 2. The van der Waals surface area contributed by atoms with E-state index in [0.717, 1.165) is 4.57 Å². The SMILES string of the molecule is O=C(Nc1ccccc1OCC(F)(F)F)n1ccnc1. The van der Waals surface area contributed by atoms with Crippen LogP contribution in [-0.4, -0.2) is 28.4 Å². The van der Waals surface area contributed by atoms with E-state index in [2.05, 4.69) is 15.0 Å². The minimum Gasteiger partial charge on any atom is -0.482 e. The first kappa shape index (κ1) is 13.9. The Kier molecular flexibility index (Phi) is 3.92. The second-order valence-electron chi connectivity index (χ2n) is 3.80. The number of rotatable bonds is 3. The average molecular weight is 285 g/mol. The molecule has 0 fully saturated rings. The zero-order valence-corrected chi connectivity index (χ0v) is 10.1.